The zero-order valence-corrected chi connectivity index (χ0v) is 13.7. The van der Waals surface area contributed by atoms with Crippen LogP contribution < -0.4 is 10.0 Å². The van der Waals surface area contributed by atoms with E-state index in [2.05, 4.69) is 14.8 Å². The highest BCUT2D eigenvalue weighted by Crippen LogP contribution is 2.21. The zero-order valence-electron chi connectivity index (χ0n) is 12.8. The summed E-state index contributed by atoms with van der Waals surface area (Å²) < 4.78 is 32.2. The molecule has 0 aliphatic heterocycles. The van der Waals surface area contributed by atoms with E-state index in [0.717, 1.165) is 24.8 Å². The summed E-state index contributed by atoms with van der Waals surface area (Å²) in [6, 6.07) is 6.13. The largest absolute Gasteiger partial charge is 0.453 e. The summed E-state index contributed by atoms with van der Waals surface area (Å²) in [5.41, 5.74) is 1.00. The molecule has 1 aliphatic rings. The van der Waals surface area contributed by atoms with Crippen LogP contribution in [0, 0.1) is 6.92 Å². The molecule has 2 N–H and O–H groups in total. The van der Waals surface area contributed by atoms with Crippen LogP contribution >= 0.6 is 0 Å². The molecule has 7 heteroatoms. The van der Waals surface area contributed by atoms with Crippen LogP contribution in [-0.2, 0) is 14.8 Å². The highest BCUT2D eigenvalue weighted by molar-refractivity contribution is 7.89. The average molecular weight is 326 g/mol. The van der Waals surface area contributed by atoms with Crippen LogP contribution in [0.5, 0.6) is 0 Å². The third-order valence-corrected chi connectivity index (χ3v) is 5.40. The van der Waals surface area contributed by atoms with Crippen molar-refractivity contribution in [2.24, 2.45) is 0 Å². The minimum absolute atomic E-state index is 0.237. The van der Waals surface area contributed by atoms with Gasteiger partial charge in [-0.2, -0.15) is 0 Å². The number of rotatable bonds is 4. The van der Waals surface area contributed by atoms with Gasteiger partial charge in [0.2, 0.25) is 10.0 Å². The molecule has 1 saturated carbocycles. The predicted octanol–water partition coefficient (Wildman–Crippen LogP) is 1.94. The number of methoxy groups -OCH3 is 1. The highest BCUT2D eigenvalue weighted by atomic mass is 32.2. The van der Waals surface area contributed by atoms with Gasteiger partial charge in [-0.05, 0) is 31.9 Å². The minimum atomic E-state index is -3.59. The van der Waals surface area contributed by atoms with E-state index >= 15 is 0 Å². The Bertz CT molecular complexity index is 613. The molecular weight excluding hydrogens is 304 g/mol. The van der Waals surface area contributed by atoms with E-state index in [1.165, 1.54) is 7.11 Å². The number of amides is 1. The molecule has 1 aromatic rings. The number of aryl methyl sites for hydroxylation is 1. The van der Waals surface area contributed by atoms with E-state index in [1.807, 2.05) is 6.92 Å². The molecule has 0 unspecified atom stereocenters. The fraction of sp³-hybridized carbons (Fsp3) is 0.533. The Morgan fingerprint density at radius 1 is 1.14 bits per heavy atom. The molecule has 0 aromatic heterocycles. The first-order valence-electron chi connectivity index (χ1n) is 7.36. The average Bonchev–Trinajstić information content (AvgIpc) is 2.49. The van der Waals surface area contributed by atoms with Crippen LogP contribution in [0.1, 0.15) is 31.2 Å². The first-order chi connectivity index (χ1) is 10.4. The van der Waals surface area contributed by atoms with E-state index < -0.39 is 16.1 Å². The summed E-state index contributed by atoms with van der Waals surface area (Å²) in [5.74, 6) is 0. The van der Waals surface area contributed by atoms with Gasteiger partial charge < -0.3 is 10.1 Å². The standard InChI is InChI=1S/C15H22N2O4S/c1-11-7-9-12(10-8-11)22(19,20)17-14-6-4-3-5-13(14)16-15(18)21-2/h7-10,13-14,17H,3-6H2,1-2H3,(H,16,18)/t13-,14-/m1/s1. The van der Waals surface area contributed by atoms with Crippen molar-refractivity contribution in [3.63, 3.8) is 0 Å². The number of ether oxygens (including phenoxy) is 1. The van der Waals surface area contributed by atoms with Crippen molar-refractivity contribution in [3.8, 4) is 0 Å². The second-order valence-electron chi connectivity index (χ2n) is 5.57. The Kier molecular flexibility index (Phi) is 5.42. The summed E-state index contributed by atoms with van der Waals surface area (Å²) in [6.45, 7) is 1.90. The van der Waals surface area contributed by atoms with Crippen LogP contribution in [0.4, 0.5) is 4.79 Å². The first-order valence-corrected chi connectivity index (χ1v) is 8.84. The van der Waals surface area contributed by atoms with Gasteiger partial charge in [-0.1, -0.05) is 30.5 Å². The molecule has 122 valence electrons. The normalized spacial score (nSPS) is 22.1. The lowest BCUT2D eigenvalue weighted by molar-refractivity contribution is 0.160. The molecule has 1 aromatic carbocycles. The fourth-order valence-electron chi connectivity index (χ4n) is 2.64. The third kappa shape index (κ3) is 4.20. The molecule has 2 atom stereocenters. The third-order valence-electron chi connectivity index (χ3n) is 3.89. The van der Waals surface area contributed by atoms with Gasteiger partial charge in [0.15, 0.2) is 0 Å². The molecule has 1 amide bonds. The van der Waals surface area contributed by atoms with E-state index in [0.29, 0.717) is 6.42 Å². The second kappa shape index (κ2) is 7.11. The van der Waals surface area contributed by atoms with Crippen molar-refractivity contribution in [2.75, 3.05) is 7.11 Å². The van der Waals surface area contributed by atoms with Crippen molar-refractivity contribution < 1.29 is 17.9 Å². The SMILES string of the molecule is COC(=O)N[C@@H]1CCCC[C@H]1NS(=O)(=O)c1ccc(C)cc1. The van der Waals surface area contributed by atoms with Gasteiger partial charge in [-0.25, -0.2) is 17.9 Å². The maximum absolute atomic E-state index is 12.5. The summed E-state index contributed by atoms with van der Waals surface area (Å²) in [7, 11) is -2.30. The van der Waals surface area contributed by atoms with E-state index in [9.17, 15) is 13.2 Å². The van der Waals surface area contributed by atoms with Crippen molar-refractivity contribution in [1.29, 1.82) is 0 Å². The van der Waals surface area contributed by atoms with Crippen molar-refractivity contribution >= 4 is 16.1 Å². The van der Waals surface area contributed by atoms with Gasteiger partial charge in [0, 0.05) is 12.1 Å². The monoisotopic (exact) mass is 326 g/mol. The van der Waals surface area contributed by atoms with E-state index in [4.69, 9.17) is 0 Å². The number of benzene rings is 1. The summed E-state index contributed by atoms with van der Waals surface area (Å²) in [5, 5.41) is 2.71. The van der Waals surface area contributed by atoms with Gasteiger partial charge in [0.05, 0.1) is 12.0 Å². The number of carbonyl (C=O) groups is 1. The van der Waals surface area contributed by atoms with E-state index in [-0.39, 0.29) is 17.0 Å². The molecule has 2 rings (SSSR count). The van der Waals surface area contributed by atoms with Gasteiger partial charge in [0.25, 0.3) is 0 Å². The molecule has 0 heterocycles. The minimum Gasteiger partial charge on any atom is -0.453 e. The predicted molar refractivity (Wildman–Crippen MR) is 83.1 cm³/mol. The number of carbonyl (C=O) groups excluding carboxylic acids is 1. The lowest BCUT2D eigenvalue weighted by Gasteiger charge is -2.32. The molecule has 0 spiro atoms. The Balaban J connectivity index is 2.11. The second-order valence-corrected chi connectivity index (χ2v) is 7.28. The molecule has 1 aliphatic carbocycles. The Hall–Kier alpha value is -1.60. The first kappa shape index (κ1) is 16.8. The van der Waals surface area contributed by atoms with E-state index in [1.54, 1.807) is 24.3 Å². The number of sulfonamides is 1. The van der Waals surface area contributed by atoms with Crippen molar-refractivity contribution in [1.82, 2.24) is 10.0 Å². The molecular formula is C15H22N2O4S. The number of hydrogen-bond acceptors (Lipinski definition) is 4. The van der Waals surface area contributed by atoms with Gasteiger partial charge in [0.1, 0.15) is 0 Å². The van der Waals surface area contributed by atoms with Gasteiger partial charge >= 0.3 is 6.09 Å². The Morgan fingerprint density at radius 3 is 2.32 bits per heavy atom. The molecule has 0 bridgehead atoms. The van der Waals surface area contributed by atoms with Crippen LogP contribution in [-0.4, -0.2) is 33.7 Å². The number of nitrogens with one attached hydrogen (secondary N) is 2. The zero-order chi connectivity index (χ0) is 16.2. The van der Waals surface area contributed by atoms with Crippen molar-refractivity contribution in [2.45, 2.75) is 49.6 Å². The lowest BCUT2D eigenvalue weighted by atomic mass is 9.91. The van der Waals surface area contributed by atoms with Crippen LogP contribution in [0.15, 0.2) is 29.2 Å². The Morgan fingerprint density at radius 2 is 1.73 bits per heavy atom. The van der Waals surface area contributed by atoms with Crippen LogP contribution in [0.25, 0.3) is 0 Å². The fourth-order valence-corrected chi connectivity index (χ4v) is 3.95. The van der Waals surface area contributed by atoms with Gasteiger partial charge in [-0.3, -0.25) is 0 Å². The molecule has 0 saturated heterocycles. The topological polar surface area (TPSA) is 84.5 Å². The summed E-state index contributed by atoms with van der Waals surface area (Å²) >= 11 is 0. The van der Waals surface area contributed by atoms with Gasteiger partial charge in [-0.15, -0.1) is 0 Å². The Labute approximate surface area is 131 Å². The van der Waals surface area contributed by atoms with Crippen LogP contribution in [0.2, 0.25) is 0 Å². The maximum atomic E-state index is 12.5. The summed E-state index contributed by atoms with van der Waals surface area (Å²) in [6.07, 6.45) is 2.78. The van der Waals surface area contributed by atoms with Crippen molar-refractivity contribution in [3.05, 3.63) is 29.8 Å². The molecule has 6 nitrogen and oxygen atoms in total. The molecule has 22 heavy (non-hydrogen) atoms. The maximum Gasteiger partial charge on any atom is 0.407 e. The lowest BCUT2D eigenvalue weighted by Crippen LogP contribution is -2.53. The molecule has 0 radical (unpaired) electrons. The smallest absolute Gasteiger partial charge is 0.407 e. The van der Waals surface area contributed by atoms with Crippen LogP contribution in [0.3, 0.4) is 0 Å². The quantitative estimate of drug-likeness (QED) is 0.885. The highest BCUT2D eigenvalue weighted by Gasteiger charge is 2.30. The number of hydrogen-bond donors (Lipinski definition) is 2. The number of alkyl carbamates (subject to hydrolysis) is 1. The summed E-state index contributed by atoms with van der Waals surface area (Å²) in [4.78, 5) is 11.6. The molecule has 1 fully saturated rings.